The number of likely N-dealkylation sites (N-methyl/N-ethyl adjacent to an activating group) is 1. The van der Waals surface area contributed by atoms with E-state index in [2.05, 4.69) is 55.5 Å². The van der Waals surface area contributed by atoms with Gasteiger partial charge in [0.25, 0.3) is 7.82 Å². The van der Waals surface area contributed by atoms with Crippen LogP contribution in [0, 0.1) is 0 Å². The number of carbonyl (C=O) groups is 1. The molecule has 0 aliphatic heterocycles. The number of nitrogens with zero attached hydrogens (tertiary/aromatic N) is 1. The molecule has 0 rings (SSSR count). The van der Waals surface area contributed by atoms with Crippen molar-refractivity contribution >= 4 is 13.8 Å². The van der Waals surface area contributed by atoms with Crippen LogP contribution in [0.5, 0.6) is 0 Å². The lowest BCUT2D eigenvalue weighted by Crippen LogP contribution is -2.37. The van der Waals surface area contributed by atoms with Gasteiger partial charge in [-0.3, -0.25) is 9.36 Å². The fourth-order valence-electron chi connectivity index (χ4n) is 5.76. The van der Waals surface area contributed by atoms with Crippen LogP contribution < -0.4 is 4.89 Å². The van der Waals surface area contributed by atoms with Crippen LogP contribution in [0.4, 0.5) is 0 Å². The normalized spacial score (nSPS) is 14.3. The molecule has 2 atom stereocenters. The van der Waals surface area contributed by atoms with E-state index >= 15 is 0 Å². The molecule has 0 bridgehead atoms. The number of aliphatic hydroxyl groups is 1. The van der Waals surface area contributed by atoms with Crippen molar-refractivity contribution < 1.29 is 37.6 Å². The number of allylic oxidation sites excluding steroid dienone is 8. The molecule has 2 unspecified atom stereocenters. The molecular formula is C44H82NO7P. The molecule has 0 amide bonds. The van der Waals surface area contributed by atoms with Gasteiger partial charge in [0, 0.05) is 6.42 Å². The molecule has 0 saturated carbocycles. The Balaban J connectivity index is 3.37. The van der Waals surface area contributed by atoms with Crippen molar-refractivity contribution in [2.45, 2.75) is 180 Å². The van der Waals surface area contributed by atoms with E-state index in [-0.39, 0.29) is 19.2 Å². The molecule has 0 saturated heterocycles. The van der Waals surface area contributed by atoms with Gasteiger partial charge in [0.05, 0.1) is 27.7 Å². The number of ether oxygens (including phenoxy) is 1. The minimum atomic E-state index is -4.50. The third-order valence-electron chi connectivity index (χ3n) is 9.09. The van der Waals surface area contributed by atoms with Crippen molar-refractivity contribution in [1.82, 2.24) is 0 Å². The first-order valence-electron chi connectivity index (χ1n) is 21.4. The van der Waals surface area contributed by atoms with E-state index in [0.29, 0.717) is 17.4 Å². The zero-order chi connectivity index (χ0) is 39.1. The number of esters is 1. The van der Waals surface area contributed by atoms with E-state index in [0.717, 1.165) is 44.9 Å². The third kappa shape index (κ3) is 43.1. The molecule has 0 aliphatic rings. The van der Waals surface area contributed by atoms with Gasteiger partial charge in [0.15, 0.2) is 0 Å². The van der Waals surface area contributed by atoms with Gasteiger partial charge in [0.2, 0.25) is 0 Å². The quantitative estimate of drug-likeness (QED) is 0.0218. The van der Waals surface area contributed by atoms with Gasteiger partial charge in [-0.1, -0.05) is 171 Å². The predicted molar refractivity (Wildman–Crippen MR) is 222 cm³/mol. The summed E-state index contributed by atoms with van der Waals surface area (Å²) in [4.78, 5) is 23.7. The Bertz CT molecular complexity index is 989. The highest BCUT2D eigenvalue weighted by Crippen LogP contribution is 2.38. The molecule has 8 nitrogen and oxygen atoms in total. The summed E-state index contributed by atoms with van der Waals surface area (Å²) >= 11 is 0. The summed E-state index contributed by atoms with van der Waals surface area (Å²) in [5, 5.41) is 9.88. The molecule has 53 heavy (non-hydrogen) atoms. The van der Waals surface area contributed by atoms with Crippen molar-refractivity contribution in [3.8, 4) is 0 Å². The van der Waals surface area contributed by atoms with E-state index in [1.54, 1.807) is 0 Å². The highest BCUT2D eigenvalue weighted by Gasteiger charge is 2.16. The molecule has 0 heterocycles. The number of quaternary nitrogens is 1. The largest absolute Gasteiger partial charge is 0.756 e. The first kappa shape index (κ1) is 51.5. The van der Waals surface area contributed by atoms with Gasteiger partial charge >= 0.3 is 5.97 Å². The molecule has 0 aromatic rings. The summed E-state index contributed by atoms with van der Waals surface area (Å²) in [6.07, 6.45) is 48.6. The number of unbranched alkanes of at least 4 members (excludes halogenated alkanes) is 20. The topological polar surface area (TPSA) is 105 Å². The van der Waals surface area contributed by atoms with Gasteiger partial charge < -0.3 is 28.3 Å². The maximum Gasteiger partial charge on any atom is 0.305 e. The average molecular weight is 768 g/mol. The second-order valence-electron chi connectivity index (χ2n) is 15.5. The number of hydrogen-bond donors (Lipinski definition) is 1. The highest BCUT2D eigenvalue weighted by molar-refractivity contribution is 7.45. The summed E-state index contributed by atoms with van der Waals surface area (Å²) in [5.74, 6) is -0.385. The van der Waals surface area contributed by atoms with Gasteiger partial charge in [-0.15, -0.1) is 0 Å². The summed E-state index contributed by atoms with van der Waals surface area (Å²) < 4.78 is 26.9. The zero-order valence-corrected chi connectivity index (χ0v) is 35.6. The SMILES string of the molecule is CC/C=C\C/C=C\C/C=C\C/C=C\CCCCCCCCCCCCCCCCCCCCCCC(=O)OCC(O)COP(=O)([O-])OCC[N+](C)(C)C. The lowest BCUT2D eigenvalue weighted by atomic mass is 10.0. The fourth-order valence-corrected chi connectivity index (χ4v) is 6.50. The van der Waals surface area contributed by atoms with Crippen molar-refractivity contribution in [1.29, 1.82) is 0 Å². The Hall–Kier alpha value is -1.54. The number of hydrogen-bond acceptors (Lipinski definition) is 7. The highest BCUT2D eigenvalue weighted by atomic mass is 31.2. The number of rotatable bonds is 39. The Morgan fingerprint density at radius 3 is 1.43 bits per heavy atom. The summed E-state index contributed by atoms with van der Waals surface area (Å²) in [6.45, 7) is 1.85. The van der Waals surface area contributed by atoms with E-state index in [4.69, 9.17) is 13.8 Å². The molecule has 0 aromatic heterocycles. The maximum absolute atomic E-state index is 11.9. The molecule has 1 N–H and O–H groups in total. The third-order valence-corrected chi connectivity index (χ3v) is 10.1. The molecule has 0 fully saturated rings. The van der Waals surface area contributed by atoms with Crippen molar-refractivity contribution in [2.75, 3.05) is 47.5 Å². The molecule has 9 heteroatoms. The standard InChI is InChI=1S/C44H82NO7P/c1-5-6-7-8-9-10-11-12-13-14-15-16-17-18-19-20-21-22-23-24-25-26-27-28-29-30-31-32-33-34-35-36-37-38-44(47)50-41-43(46)42-52-53(48,49)51-40-39-45(2,3)4/h6-7,9-10,12-13,15-16,43,46H,5,8,11,14,17-42H2,1-4H3/b7-6-,10-9-,13-12-,16-15-. The second-order valence-corrected chi connectivity index (χ2v) is 16.9. The van der Waals surface area contributed by atoms with Crippen LogP contribution in [-0.4, -0.2) is 69.2 Å². The number of aliphatic hydroxyl groups excluding tert-OH is 1. The minimum Gasteiger partial charge on any atom is -0.756 e. The smallest absolute Gasteiger partial charge is 0.305 e. The Labute approximate surface area is 326 Å². The molecule has 0 aliphatic carbocycles. The van der Waals surface area contributed by atoms with Crippen LogP contribution in [-0.2, 0) is 23.1 Å². The van der Waals surface area contributed by atoms with E-state index in [9.17, 15) is 19.4 Å². The van der Waals surface area contributed by atoms with Crippen LogP contribution >= 0.6 is 7.82 Å². The average Bonchev–Trinajstić information content (AvgIpc) is 3.11. The monoisotopic (exact) mass is 768 g/mol. The molecule has 310 valence electrons. The molecule has 0 spiro atoms. The van der Waals surface area contributed by atoms with Crippen molar-refractivity contribution in [2.24, 2.45) is 0 Å². The Morgan fingerprint density at radius 2 is 1.00 bits per heavy atom. The molecule has 0 aromatic carbocycles. The zero-order valence-electron chi connectivity index (χ0n) is 34.7. The van der Waals surface area contributed by atoms with Crippen molar-refractivity contribution in [3.63, 3.8) is 0 Å². The lowest BCUT2D eigenvalue weighted by Gasteiger charge is -2.27. The van der Waals surface area contributed by atoms with E-state index in [1.807, 2.05) is 21.1 Å². The number of phosphoric acid groups is 1. The summed E-state index contributed by atoms with van der Waals surface area (Å²) in [7, 11) is 1.25. The van der Waals surface area contributed by atoms with Crippen LogP contribution in [0.15, 0.2) is 48.6 Å². The molecule has 0 radical (unpaired) electrons. The molecular weight excluding hydrogens is 685 g/mol. The fraction of sp³-hybridized carbons (Fsp3) is 0.795. The first-order chi connectivity index (χ1) is 25.6. The Kier molecular flexibility index (Phi) is 36.3. The minimum absolute atomic E-state index is 0.00786. The lowest BCUT2D eigenvalue weighted by molar-refractivity contribution is -0.870. The summed E-state index contributed by atoms with van der Waals surface area (Å²) in [6, 6.07) is 0. The number of phosphoric ester groups is 1. The predicted octanol–water partition coefficient (Wildman–Crippen LogP) is 11.5. The van der Waals surface area contributed by atoms with Gasteiger partial charge in [-0.2, -0.15) is 0 Å². The Morgan fingerprint density at radius 1 is 0.604 bits per heavy atom. The van der Waals surface area contributed by atoms with Gasteiger partial charge in [-0.05, 0) is 44.9 Å². The van der Waals surface area contributed by atoms with E-state index in [1.165, 1.54) is 116 Å². The van der Waals surface area contributed by atoms with Crippen LogP contribution in [0.1, 0.15) is 174 Å². The first-order valence-corrected chi connectivity index (χ1v) is 22.9. The van der Waals surface area contributed by atoms with Gasteiger partial charge in [-0.25, -0.2) is 0 Å². The van der Waals surface area contributed by atoms with Crippen LogP contribution in [0.25, 0.3) is 0 Å². The van der Waals surface area contributed by atoms with Crippen molar-refractivity contribution in [3.05, 3.63) is 48.6 Å². The second kappa shape index (κ2) is 37.4. The summed E-state index contributed by atoms with van der Waals surface area (Å²) in [5.41, 5.74) is 0. The van der Waals surface area contributed by atoms with Gasteiger partial charge in [0.1, 0.15) is 25.9 Å². The number of carbonyl (C=O) groups excluding carboxylic acids is 1. The maximum atomic E-state index is 11.9. The van der Waals surface area contributed by atoms with Crippen LogP contribution in [0.2, 0.25) is 0 Å². The van der Waals surface area contributed by atoms with Crippen LogP contribution in [0.3, 0.4) is 0 Å². The van der Waals surface area contributed by atoms with E-state index < -0.39 is 20.5 Å².